The number of aromatic nitrogens is 5. The number of amides is 1. The summed E-state index contributed by atoms with van der Waals surface area (Å²) in [4.78, 5) is 19.1. The number of nitrogens with zero attached hydrogens (tertiary/aromatic N) is 6. The molecule has 0 N–H and O–H groups in total. The molecule has 0 bridgehead atoms. The molecule has 164 valence electrons. The first kappa shape index (κ1) is 20.2. The summed E-state index contributed by atoms with van der Waals surface area (Å²) in [5, 5.41) is 8.17. The average molecular weight is 440 g/mol. The van der Waals surface area contributed by atoms with Crippen LogP contribution in [-0.4, -0.2) is 48.0 Å². The number of carbonyl (C=O) groups is 1. The van der Waals surface area contributed by atoms with Crippen molar-refractivity contribution in [1.29, 1.82) is 0 Å². The Morgan fingerprint density at radius 1 is 1.06 bits per heavy atom. The van der Waals surface area contributed by atoms with Crippen LogP contribution in [0.25, 0.3) is 11.3 Å². The SMILES string of the molecule is O=C(c1cncn1-c1ccccc1)N1CCCC(c2nnc3ccc(C(F)(F)F)cn23)C1. The number of halogens is 3. The predicted octanol–water partition coefficient (Wildman–Crippen LogP) is 3.95. The van der Waals surface area contributed by atoms with Gasteiger partial charge < -0.3 is 4.90 Å². The minimum Gasteiger partial charge on any atom is -0.337 e. The molecule has 32 heavy (non-hydrogen) atoms. The first-order valence-corrected chi connectivity index (χ1v) is 10.2. The number of piperidine rings is 1. The molecule has 1 fully saturated rings. The average Bonchev–Trinajstić information content (AvgIpc) is 3.45. The summed E-state index contributed by atoms with van der Waals surface area (Å²) < 4.78 is 42.7. The standard InChI is InChI=1S/C22H19F3N6O/c23-22(24,25)16-8-9-19-27-28-20(30(19)13-16)15-5-4-10-29(12-15)21(32)18-11-26-14-31(18)17-6-2-1-3-7-17/h1-3,6-9,11,13-15H,4-5,10,12H2. The summed E-state index contributed by atoms with van der Waals surface area (Å²) in [6.45, 7) is 0.898. The third-order valence-electron chi connectivity index (χ3n) is 5.72. The summed E-state index contributed by atoms with van der Waals surface area (Å²) >= 11 is 0. The molecular weight excluding hydrogens is 421 g/mol. The molecule has 0 aliphatic carbocycles. The Morgan fingerprint density at radius 3 is 2.66 bits per heavy atom. The molecule has 0 radical (unpaired) electrons. The normalized spacial score (nSPS) is 17.1. The smallest absolute Gasteiger partial charge is 0.337 e. The van der Waals surface area contributed by atoms with Crippen LogP contribution >= 0.6 is 0 Å². The number of para-hydroxylation sites is 1. The van der Waals surface area contributed by atoms with Crippen LogP contribution in [-0.2, 0) is 6.18 Å². The van der Waals surface area contributed by atoms with Crippen molar-refractivity contribution in [3.63, 3.8) is 0 Å². The molecule has 1 atom stereocenters. The minimum atomic E-state index is -4.46. The molecule has 1 amide bonds. The number of alkyl halides is 3. The highest BCUT2D eigenvalue weighted by molar-refractivity contribution is 5.93. The van der Waals surface area contributed by atoms with Gasteiger partial charge in [-0.15, -0.1) is 10.2 Å². The van der Waals surface area contributed by atoms with Gasteiger partial charge in [-0.3, -0.25) is 13.8 Å². The lowest BCUT2D eigenvalue weighted by molar-refractivity contribution is -0.137. The molecule has 1 saturated heterocycles. The second kappa shape index (κ2) is 7.77. The van der Waals surface area contributed by atoms with Crippen LogP contribution in [0, 0.1) is 0 Å². The maximum absolute atomic E-state index is 13.3. The van der Waals surface area contributed by atoms with Crippen molar-refractivity contribution in [2.75, 3.05) is 13.1 Å². The zero-order chi connectivity index (χ0) is 22.3. The molecular formula is C22H19F3N6O. The van der Waals surface area contributed by atoms with Gasteiger partial charge in [-0.05, 0) is 37.1 Å². The zero-order valence-corrected chi connectivity index (χ0v) is 16.9. The van der Waals surface area contributed by atoms with Gasteiger partial charge in [0.2, 0.25) is 0 Å². The quantitative estimate of drug-likeness (QED) is 0.484. The minimum absolute atomic E-state index is 0.180. The summed E-state index contributed by atoms with van der Waals surface area (Å²) in [7, 11) is 0. The lowest BCUT2D eigenvalue weighted by Gasteiger charge is -2.32. The van der Waals surface area contributed by atoms with Gasteiger partial charge in [0, 0.05) is 30.9 Å². The largest absolute Gasteiger partial charge is 0.417 e. The summed E-state index contributed by atoms with van der Waals surface area (Å²) in [6, 6.07) is 11.7. The van der Waals surface area contributed by atoms with Crippen LogP contribution in [0.15, 0.2) is 61.2 Å². The maximum Gasteiger partial charge on any atom is 0.417 e. The van der Waals surface area contributed by atoms with E-state index in [0.29, 0.717) is 43.1 Å². The Kier molecular flexibility index (Phi) is 4.91. The predicted molar refractivity (Wildman–Crippen MR) is 109 cm³/mol. The molecule has 7 nitrogen and oxygen atoms in total. The maximum atomic E-state index is 13.3. The van der Waals surface area contributed by atoms with Gasteiger partial charge in [-0.25, -0.2) is 4.98 Å². The first-order chi connectivity index (χ1) is 15.4. The number of hydrogen-bond donors (Lipinski definition) is 0. The van der Waals surface area contributed by atoms with E-state index in [2.05, 4.69) is 15.2 Å². The third-order valence-corrected chi connectivity index (χ3v) is 5.72. The molecule has 0 saturated carbocycles. The van der Waals surface area contributed by atoms with E-state index in [0.717, 1.165) is 18.0 Å². The molecule has 5 rings (SSSR count). The van der Waals surface area contributed by atoms with Crippen LogP contribution in [0.3, 0.4) is 0 Å². The van der Waals surface area contributed by atoms with Crippen molar-refractivity contribution in [1.82, 2.24) is 29.0 Å². The van der Waals surface area contributed by atoms with Crippen LogP contribution in [0.2, 0.25) is 0 Å². The highest BCUT2D eigenvalue weighted by atomic mass is 19.4. The van der Waals surface area contributed by atoms with Gasteiger partial charge in [0.1, 0.15) is 11.5 Å². The van der Waals surface area contributed by atoms with Crippen LogP contribution in [0.4, 0.5) is 13.2 Å². The molecule has 4 heterocycles. The third kappa shape index (κ3) is 3.61. The summed E-state index contributed by atoms with van der Waals surface area (Å²) in [5.74, 6) is 0.0281. The van der Waals surface area contributed by atoms with Crippen molar-refractivity contribution in [3.05, 3.63) is 78.3 Å². The van der Waals surface area contributed by atoms with Crippen molar-refractivity contribution in [3.8, 4) is 5.69 Å². The van der Waals surface area contributed by atoms with E-state index >= 15 is 0 Å². The number of fused-ring (bicyclic) bond motifs is 1. The number of pyridine rings is 1. The number of rotatable bonds is 3. The van der Waals surface area contributed by atoms with Crippen molar-refractivity contribution < 1.29 is 18.0 Å². The molecule has 4 aromatic rings. The van der Waals surface area contributed by atoms with Gasteiger partial charge in [0.15, 0.2) is 5.65 Å². The fourth-order valence-electron chi connectivity index (χ4n) is 4.14. The molecule has 1 aliphatic heterocycles. The first-order valence-electron chi connectivity index (χ1n) is 10.2. The van der Waals surface area contributed by atoms with Gasteiger partial charge in [0.25, 0.3) is 5.91 Å². The number of likely N-dealkylation sites (tertiary alicyclic amines) is 1. The zero-order valence-electron chi connectivity index (χ0n) is 16.9. The highest BCUT2D eigenvalue weighted by Gasteiger charge is 2.33. The van der Waals surface area contributed by atoms with E-state index in [1.54, 1.807) is 15.8 Å². The Bertz CT molecular complexity index is 1260. The van der Waals surface area contributed by atoms with Crippen LogP contribution in [0.1, 0.15) is 40.6 Å². The van der Waals surface area contributed by atoms with E-state index in [9.17, 15) is 18.0 Å². The van der Waals surface area contributed by atoms with E-state index < -0.39 is 11.7 Å². The number of hydrogen-bond acceptors (Lipinski definition) is 4. The van der Waals surface area contributed by atoms with Gasteiger partial charge in [-0.1, -0.05) is 18.2 Å². The van der Waals surface area contributed by atoms with E-state index in [4.69, 9.17) is 0 Å². The summed E-state index contributed by atoms with van der Waals surface area (Å²) in [5.41, 5.74) is 0.840. The Hall–Kier alpha value is -3.69. The Morgan fingerprint density at radius 2 is 1.88 bits per heavy atom. The van der Waals surface area contributed by atoms with Crippen molar-refractivity contribution in [2.45, 2.75) is 24.9 Å². The van der Waals surface area contributed by atoms with E-state index in [1.165, 1.54) is 16.7 Å². The van der Waals surface area contributed by atoms with Gasteiger partial charge in [0.05, 0.1) is 18.1 Å². The van der Waals surface area contributed by atoms with E-state index in [-0.39, 0.29) is 11.8 Å². The second-order valence-corrected chi connectivity index (χ2v) is 7.78. The van der Waals surface area contributed by atoms with Gasteiger partial charge in [-0.2, -0.15) is 13.2 Å². The second-order valence-electron chi connectivity index (χ2n) is 7.78. The number of imidazole rings is 1. The molecule has 1 aliphatic rings. The Balaban J connectivity index is 1.42. The lowest BCUT2D eigenvalue weighted by Crippen LogP contribution is -2.40. The molecule has 1 unspecified atom stereocenters. The van der Waals surface area contributed by atoms with Crippen molar-refractivity contribution in [2.24, 2.45) is 0 Å². The lowest BCUT2D eigenvalue weighted by atomic mass is 9.97. The fourth-order valence-corrected chi connectivity index (χ4v) is 4.14. The molecule has 3 aromatic heterocycles. The van der Waals surface area contributed by atoms with Crippen molar-refractivity contribution >= 4 is 11.6 Å². The van der Waals surface area contributed by atoms with Crippen LogP contribution < -0.4 is 0 Å². The Labute approximate surface area is 181 Å². The topological polar surface area (TPSA) is 68.3 Å². The van der Waals surface area contributed by atoms with E-state index in [1.807, 2.05) is 30.3 Å². The van der Waals surface area contributed by atoms with Crippen LogP contribution in [0.5, 0.6) is 0 Å². The van der Waals surface area contributed by atoms with Gasteiger partial charge >= 0.3 is 6.18 Å². The molecule has 1 aromatic carbocycles. The molecule has 10 heteroatoms. The monoisotopic (exact) mass is 440 g/mol. The summed E-state index contributed by atoms with van der Waals surface area (Å²) in [6.07, 6.45) is 1.11. The number of carbonyl (C=O) groups excluding carboxylic acids is 1. The number of benzene rings is 1. The molecule has 0 spiro atoms. The fraction of sp³-hybridized carbons (Fsp3) is 0.273. The highest BCUT2D eigenvalue weighted by Crippen LogP contribution is 2.31.